The zero-order valence-corrected chi connectivity index (χ0v) is 17.1. The molecule has 2 fully saturated rings. The number of carbonyl (C=O) groups excluding carboxylic acids is 1. The molecule has 1 amide bonds. The predicted molar refractivity (Wildman–Crippen MR) is 116 cm³/mol. The molecule has 0 saturated carbocycles. The van der Waals surface area contributed by atoms with Crippen LogP contribution in [0.1, 0.15) is 43.0 Å². The van der Waals surface area contributed by atoms with Crippen LogP contribution in [0.25, 0.3) is 0 Å². The average Bonchev–Trinajstić information content (AvgIpc) is 2.79. The van der Waals surface area contributed by atoms with Crippen LogP contribution < -0.4 is 10.2 Å². The molecule has 154 valence electrons. The Kier molecular flexibility index (Phi) is 6.30. The van der Waals surface area contributed by atoms with E-state index in [-0.39, 0.29) is 5.91 Å². The van der Waals surface area contributed by atoms with Crippen molar-refractivity contribution < 1.29 is 9.53 Å². The molecule has 0 aliphatic carbocycles. The highest BCUT2D eigenvalue weighted by molar-refractivity contribution is 5.95. The molecule has 1 unspecified atom stereocenters. The van der Waals surface area contributed by atoms with Crippen LogP contribution in [0.2, 0.25) is 0 Å². The van der Waals surface area contributed by atoms with Crippen LogP contribution in [0.3, 0.4) is 0 Å². The second-order valence-corrected chi connectivity index (χ2v) is 7.76. The Labute approximate surface area is 172 Å². The molecule has 1 aromatic carbocycles. The average molecular weight is 395 g/mol. The molecule has 1 N–H and O–H groups in total. The van der Waals surface area contributed by atoms with Crippen LogP contribution in [0.15, 0.2) is 42.7 Å². The molecule has 4 rings (SSSR count). The van der Waals surface area contributed by atoms with E-state index >= 15 is 0 Å². The van der Waals surface area contributed by atoms with E-state index in [2.05, 4.69) is 40.3 Å². The molecule has 1 aromatic heterocycles. The van der Waals surface area contributed by atoms with E-state index in [4.69, 9.17) is 4.74 Å². The molecule has 29 heavy (non-hydrogen) atoms. The Morgan fingerprint density at radius 1 is 1.17 bits per heavy atom. The maximum atomic E-state index is 13.1. The van der Waals surface area contributed by atoms with Gasteiger partial charge in [-0.05, 0) is 43.9 Å². The molecule has 2 aliphatic heterocycles. The number of benzene rings is 1. The number of aromatic nitrogens is 1. The Morgan fingerprint density at radius 2 is 2.00 bits per heavy atom. The van der Waals surface area contributed by atoms with Crippen molar-refractivity contribution in [1.29, 1.82) is 0 Å². The largest absolute Gasteiger partial charge is 0.378 e. The molecule has 3 heterocycles. The topological polar surface area (TPSA) is 57.7 Å². The molecule has 2 aromatic rings. The number of para-hydroxylation sites is 2. The monoisotopic (exact) mass is 394 g/mol. The number of ether oxygens (including phenoxy) is 1. The summed E-state index contributed by atoms with van der Waals surface area (Å²) in [5, 5.41) is 3.48. The molecule has 0 bridgehead atoms. The Bertz CT molecular complexity index is 835. The lowest BCUT2D eigenvalue weighted by atomic mass is 9.99. The SMILES string of the molecule is CCC1CCCCN1C(=O)c1cncc(Nc2ccccc2N2CCOCC2)c1. The summed E-state index contributed by atoms with van der Waals surface area (Å²) in [4.78, 5) is 21.8. The van der Waals surface area contributed by atoms with Gasteiger partial charge in [-0.25, -0.2) is 0 Å². The normalized spacial score (nSPS) is 19.8. The van der Waals surface area contributed by atoms with E-state index in [1.807, 2.05) is 17.0 Å². The number of amides is 1. The van der Waals surface area contributed by atoms with E-state index in [1.165, 1.54) is 6.42 Å². The quantitative estimate of drug-likeness (QED) is 0.829. The van der Waals surface area contributed by atoms with Gasteiger partial charge in [0, 0.05) is 31.9 Å². The molecule has 1 atom stereocenters. The molecule has 0 radical (unpaired) electrons. The minimum absolute atomic E-state index is 0.0918. The van der Waals surface area contributed by atoms with Crippen molar-refractivity contribution in [2.45, 2.75) is 38.6 Å². The number of hydrogen-bond acceptors (Lipinski definition) is 5. The first-order chi connectivity index (χ1) is 14.3. The van der Waals surface area contributed by atoms with Gasteiger partial charge < -0.3 is 19.9 Å². The highest BCUT2D eigenvalue weighted by Gasteiger charge is 2.26. The second kappa shape index (κ2) is 9.27. The number of piperidine rings is 1. The van der Waals surface area contributed by atoms with Crippen LogP contribution in [0.5, 0.6) is 0 Å². The number of hydrogen-bond donors (Lipinski definition) is 1. The van der Waals surface area contributed by atoms with Crippen molar-refractivity contribution in [3.63, 3.8) is 0 Å². The molecule has 2 saturated heterocycles. The van der Waals surface area contributed by atoms with Gasteiger partial charge in [0.1, 0.15) is 0 Å². The number of morpholine rings is 1. The van der Waals surface area contributed by atoms with Gasteiger partial charge in [-0.3, -0.25) is 9.78 Å². The summed E-state index contributed by atoms with van der Waals surface area (Å²) < 4.78 is 5.48. The van der Waals surface area contributed by atoms with E-state index in [0.717, 1.165) is 69.2 Å². The van der Waals surface area contributed by atoms with Crippen molar-refractivity contribution in [3.8, 4) is 0 Å². The Hall–Kier alpha value is -2.60. The first-order valence-electron chi connectivity index (χ1n) is 10.7. The summed E-state index contributed by atoms with van der Waals surface area (Å²) in [5.74, 6) is 0.0918. The first-order valence-corrected chi connectivity index (χ1v) is 10.7. The van der Waals surface area contributed by atoms with Crippen molar-refractivity contribution >= 4 is 23.0 Å². The zero-order chi connectivity index (χ0) is 20.1. The van der Waals surface area contributed by atoms with Gasteiger partial charge in [-0.2, -0.15) is 0 Å². The van der Waals surface area contributed by atoms with Crippen molar-refractivity contribution in [2.75, 3.05) is 43.1 Å². The molecule has 6 nitrogen and oxygen atoms in total. The number of anilines is 3. The third-order valence-electron chi connectivity index (χ3n) is 5.88. The molecule has 2 aliphatic rings. The standard InChI is InChI=1S/C23H30N4O2/c1-2-20-7-5-6-10-27(20)23(28)18-15-19(17-24-16-18)25-21-8-3-4-9-22(21)26-11-13-29-14-12-26/h3-4,8-9,15-17,20,25H,2,5-7,10-14H2,1H3. The van der Waals surface area contributed by atoms with Crippen molar-refractivity contribution in [2.24, 2.45) is 0 Å². The summed E-state index contributed by atoms with van der Waals surface area (Å²) in [6.45, 7) is 6.25. The summed E-state index contributed by atoms with van der Waals surface area (Å²) in [7, 11) is 0. The summed E-state index contributed by atoms with van der Waals surface area (Å²) in [6.07, 6.45) is 7.86. The van der Waals surface area contributed by atoms with Gasteiger partial charge in [0.15, 0.2) is 0 Å². The van der Waals surface area contributed by atoms with Gasteiger partial charge in [0.05, 0.1) is 42.0 Å². The van der Waals surface area contributed by atoms with Gasteiger partial charge in [-0.1, -0.05) is 19.1 Å². The fourth-order valence-electron chi connectivity index (χ4n) is 4.30. The Balaban J connectivity index is 1.53. The number of pyridine rings is 1. The van der Waals surface area contributed by atoms with E-state index in [1.54, 1.807) is 12.4 Å². The van der Waals surface area contributed by atoms with Gasteiger partial charge >= 0.3 is 0 Å². The van der Waals surface area contributed by atoms with Crippen LogP contribution in [-0.4, -0.2) is 54.7 Å². The lowest BCUT2D eigenvalue weighted by Gasteiger charge is -2.35. The zero-order valence-electron chi connectivity index (χ0n) is 17.1. The highest BCUT2D eigenvalue weighted by Crippen LogP contribution is 2.30. The number of likely N-dealkylation sites (tertiary alicyclic amines) is 1. The minimum Gasteiger partial charge on any atom is -0.378 e. The van der Waals surface area contributed by atoms with Crippen LogP contribution >= 0.6 is 0 Å². The number of nitrogens with zero attached hydrogens (tertiary/aromatic N) is 3. The van der Waals surface area contributed by atoms with Gasteiger partial charge in [-0.15, -0.1) is 0 Å². The molecule has 6 heteroatoms. The number of nitrogens with one attached hydrogen (secondary N) is 1. The number of rotatable bonds is 5. The first kappa shape index (κ1) is 19.7. The van der Waals surface area contributed by atoms with Crippen LogP contribution in [-0.2, 0) is 4.74 Å². The maximum absolute atomic E-state index is 13.1. The third kappa shape index (κ3) is 4.53. The Morgan fingerprint density at radius 3 is 2.83 bits per heavy atom. The fourth-order valence-corrected chi connectivity index (χ4v) is 4.30. The van der Waals surface area contributed by atoms with Crippen molar-refractivity contribution in [1.82, 2.24) is 9.88 Å². The summed E-state index contributed by atoms with van der Waals surface area (Å²) in [6, 6.07) is 10.5. The lowest BCUT2D eigenvalue weighted by molar-refractivity contribution is 0.0607. The fraction of sp³-hybridized carbons (Fsp3) is 0.478. The molecule has 0 spiro atoms. The molecular formula is C23H30N4O2. The van der Waals surface area contributed by atoms with Crippen molar-refractivity contribution in [3.05, 3.63) is 48.3 Å². The minimum atomic E-state index is 0.0918. The van der Waals surface area contributed by atoms with Crippen LogP contribution in [0, 0.1) is 0 Å². The third-order valence-corrected chi connectivity index (χ3v) is 5.88. The maximum Gasteiger partial charge on any atom is 0.255 e. The molecular weight excluding hydrogens is 364 g/mol. The number of carbonyl (C=O) groups is 1. The van der Waals surface area contributed by atoms with E-state index in [9.17, 15) is 4.79 Å². The van der Waals surface area contributed by atoms with E-state index < -0.39 is 0 Å². The smallest absolute Gasteiger partial charge is 0.255 e. The predicted octanol–water partition coefficient (Wildman–Crippen LogP) is 4.07. The van der Waals surface area contributed by atoms with E-state index in [0.29, 0.717) is 11.6 Å². The second-order valence-electron chi connectivity index (χ2n) is 7.76. The van der Waals surface area contributed by atoms with Gasteiger partial charge in [0.25, 0.3) is 5.91 Å². The highest BCUT2D eigenvalue weighted by atomic mass is 16.5. The van der Waals surface area contributed by atoms with Gasteiger partial charge in [0.2, 0.25) is 0 Å². The van der Waals surface area contributed by atoms with Crippen LogP contribution in [0.4, 0.5) is 17.1 Å². The summed E-state index contributed by atoms with van der Waals surface area (Å²) >= 11 is 0. The summed E-state index contributed by atoms with van der Waals surface area (Å²) in [5.41, 5.74) is 3.65. The lowest BCUT2D eigenvalue weighted by Crippen LogP contribution is -2.43.